The molecule has 1 N–H and O–H groups in total. The van der Waals surface area contributed by atoms with Crippen LogP contribution in [0, 0.1) is 11.8 Å². The second-order valence-corrected chi connectivity index (χ2v) is 4.98. The minimum absolute atomic E-state index is 0.144. The van der Waals surface area contributed by atoms with Crippen molar-refractivity contribution in [2.45, 2.75) is 26.7 Å². The lowest BCUT2D eigenvalue weighted by Crippen LogP contribution is -2.43. The van der Waals surface area contributed by atoms with Crippen molar-refractivity contribution in [1.82, 2.24) is 10.2 Å². The predicted molar refractivity (Wildman–Crippen MR) is 64.4 cm³/mol. The molecule has 1 heterocycles. The third kappa shape index (κ3) is 4.39. The van der Waals surface area contributed by atoms with Gasteiger partial charge in [-0.1, -0.05) is 13.8 Å². The van der Waals surface area contributed by atoms with Crippen LogP contribution in [0.3, 0.4) is 0 Å². The van der Waals surface area contributed by atoms with Gasteiger partial charge in [0.25, 0.3) is 0 Å². The fraction of sp³-hybridized carbons (Fsp3) is 0.917. The molecule has 1 fully saturated rings. The zero-order valence-electron chi connectivity index (χ0n) is 10.7. The van der Waals surface area contributed by atoms with Gasteiger partial charge in [-0.25, -0.2) is 4.79 Å². The second-order valence-electron chi connectivity index (χ2n) is 4.98. The smallest absolute Gasteiger partial charge is 0.409 e. The maximum Gasteiger partial charge on any atom is 0.409 e. The summed E-state index contributed by atoms with van der Waals surface area (Å²) in [5.41, 5.74) is 0. The minimum Gasteiger partial charge on any atom is -0.449 e. The molecule has 1 aliphatic rings. The Morgan fingerprint density at radius 1 is 1.56 bits per heavy atom. The van der Waals surface area contributed by atoms with E-state index in [-0.39, 0.29) is 6.09 Å². The zero-order chi connectivity index (χ0) is 12.0. The molecule has 0 aliphatic carbocycles. The van der Waals surface area contributed by atoms with Crippen LogP contribution in [0.15, 0.2) is 0 Å². The van der Waals surface area contributed by atoms with Gasteiger partial charge in [0.15, 0.2) is 0 Å². The number of likely N-dealkylation sites (tertiary alicyclic amines) is 1. The summed E-state index contributed by atoms with van der Waals surface area (Å²) in [6.07, 6.45) is 2.15. The number of rotatable bonds is 4. The lowest BCUT2D eigenvalue weighted by molar-refractivity contribution is 0.0761. The molecule has 16 heavy (non-hydrogen) atoms. The first-order chi connectivity index (χ1) is 7.63. The quantitative estimate of drug-likeness (QED) is 0.796. The van der Waals surface area contributed by atoms with Gasteiger partial charge in [0.2, 0.25) is 0 Å². The molecule has 0 aromatic carbocycles. The van der Waals surface area contributed by atoms with Crippen molar-refractivity contribution in [3.8, 4) is 0 Å². The number of carbonyl (C=O) groups is 1. The minimum atomic E-state index is -0.144. The first-order valence-electron chi connectivity index (χ1n) is 6.19. The van der Waals surface area contributed by atoms with E-state index in [9.17, 15) is 4.79 Å². The number of ether oxygens (including phenoxy) is 1. The number of nitrogens with zero attached hydrogens (tertiary/aromatic N) is 1. The molecular weight excluding hydrogens is 204 g/mol. The Balaban J connectivity index is 2.32. The Labute approximate surface area is 98.3 Å². The Morgan fingerprint density at radius 2 is 2.31 bits per heavy atom. The molecule has 1 unspecified atom stereocenters. The maximum atomic E-state index is 11.7. The maximum absolute atomic E-state index is 11.7. The van der Waals surface area contributed by atoms with Gasteiger partial charge < -0.3 is 15.0 Å². The van der Waals surface area contributed by atoms with Gasteiger partial charge in [-0.05, 0) is 38.3 Å². The van der Waals surface area contributed by atoms with Crippen molar-refractivity contribution in [2.24, 2.45) is 11.8 Å². The lowest BCUT2D eigenvalue weighted by atomic mass is 9.98. The average molecular weight is 228 g/mol. The van der Waals surface area contributed by atoms with E-state index in [0.29, 0.717) is 18.4 Å². The first-order valence-corrected chi connectivity index (χ1v) is 6.19. The Morgan fingerprint density at radius 3 is 2.94 bits per heavy atom. The Hall–Kier alpha value is -0.770. The molecule has 1 aliphatic heterocycles. The van der Waals surface area contributed by atoms with E-state index in [4.69, 9.17) is 4.74 Å². The van der Waals surface area contributed by atoms with Crippen LogP contribution >= 0.6 is 0 Å². The number of nitrogens with one attached hydrogen (secondary N) is 1. The molecule has 0 spiro atoms. The van der Waals surface area contributed by atoms with Gasteiger partial charge >= 0.3 is 6.09 Å². The zero-order valence-corrected chi connectivity index (χ0v) is 10.7. The van der Waals surface area contributed by atoms with Crippen LogP contribution in [0.1, 0.15) is 26.7 Å². The lowest BCUT2D eigenvalue weighted by Gasteiger charge is -2.32. The molecule has 4 nitrogen and oxygen atoms in total. The van der Waals surface area contributed by atoms with Crippen LogP contribution < -0.4 is 5.32 Å². The summed E-state index contributed by atoms with van der Waals surface area (Å²) in [7, 11) is 1.95. The van der Waals surface area contributed by atoms with E-state index in [0.717, 1.165) is 26.1 Å². The number of hydrogen-bond donors (Lipinski definition) is 1. The van der Waals surface area contributed by atoms with Crippen molar-refractivity contribution >= 4 is 6.09 Å². The number of piperidine rings is 1. The second kappa shape index (κ2) is 6.74. The summed E-state index contributed by atoms with van der Waals surface area (Å²) in [5.74, 6) is 0.979. The summed E-state index contributed by atoms with van der Waals surface area (Å²) in [6.45, 7) is 7.27. The molecule has 0 bridgehead atoms. The summed E-state index contributed by atoms with van der Waals surface area (Å²) in [4.78, 5) is 13.6. The molecule has 1 rings (SSSR count). The van der Waals surface area contributed by atoms with E-state index < -0.39 is 0 Å². The Bertz CT molecular complexity index is 217. The highest BCUT2D eigenvalue weighted by molar-refractivity contribution is 5.67. The molecule has 0 aromatic heterocycles. The average Bonchev–Trinajstić information content (AvgIpc) is 2.26. The van der Waals surface area contributed by atoms with Gasteiger partial charge in [0.05, 0.1) is 6.61 Å². The molecule has 1 saturated heterocycles. The summed E-state index contributed by atoms with van der Waals surface area (Å²) >= 11 is 0. The van der Waals surface area contributed by atoms with E-state index in [1.807, 2.05) is 25.8 Å². The SMILES string of the molecule is CNCC1CCCN(C(=O)OCC(C)C)C1. The van der Waals surface area contributed by atoms with E-state index in [1.165, 1.54) is 6.42 Å². The van der Waals surface area contributed by atoms with Crippen LogP contribution in [0.5, 0.6) is 0 Å². The van der Waals surface area contributed by atoms with Crippen LogP contribution in [0.4, 0.5) is 4.79 Å². The van der Waals surface area contributed by atoms with Gasteiger partial charge in [0, 0.05) is 13.1 Å². The molecule has 0 saturated carbocycles. The normalized spacial score (nSPS) is 21.2. The monoisotopic (exact) mass is 228 g/mol. The molecular formula is C12H24N2O2. The van der Waals surface area contributed by atoms with Gasteiger partial charge in [-0.2, -0.15) is 0 Å². The number of carbonyl (C=O) groups excluding carboxylic acids is 1. The molecule has 94 valence electrons. The van der Waals surface area contributed by atoms with E-state index in [2.05, 4.69) is 5.32 Å². The fourth-order valence-electron chi connectivity index (χ4n) is 2.02. The highest BCUT2D eigenvalue weighted by Crippen LogP contribution is 2.16. The molecule has 1 amide bonds. The van der Waals surface area contributed by atoms with Crippen molar-refractivity contribution in [3.05, 3.63) is 0 Å². The van der Waals surface area contributed by atoms with Crippen molar-refractivity contribution in [2.75, 3.05) is 33.3 Å². The predicted octanol–water partition coefficient (Wildman–Crippen LogP) is 1.71. The third-order valence-electron chi connectivity index (χ3n) is 2.81. The summed E-state index contributed by atoms with van der Waals surface area (Å²) in [5, 5.41) is 3.17. The van der Waals surface area contributed by atoms with Crippen LogP contribution in [-0.2, 0) is 4.74 Å². The first kappa shape index (κ1) is 13.3. The highest BCUT2D eigenvalue weighted by atomic mass is 16.6. The standard InChI is InChI=1S/C12H24N2O2/c1-10(2)9-16-12(15)14-6-4-5-11(8-14)7-13-3/h10-11,13H,4-9H2,1-3H3. The van der Waals surface area contributed by atoms with Crippen LogP contribution in [0.2, 0.25) is 0 Å². The molecule has 4 heteroatoms. The van der Waals surface area contributed by atoms with Gasteiger partial charge in [-0.3, -0.25) is 0 Å². The largest absolute Gasteiger partial charge is 0.449 e. The number of hydrogen-bond acceptors (Lipinski definition) is 3. The van der Waals surface area contributed by atoms with E-state index in [1.54, 1.807) is 0 Å². The van der Waals surface area contributed by atoms with Gasteiger partial charge in [0.1, 0.15) is 0 Å². The van der Waals surface area contributed by atoms with Crippen molar-refractivity contribution in [1.29, 1.82) is 0 Å². The summed E-state index contributed by atoms with van der Waals surface area (Å²) in [6, 6.07) is 0. The molecule has 0 radical (unpaired) electrons. The molecule has 0 aromatic rings. The molecule has 1 atom stereocenters. The highest BCUT2D eigenvalue weighted by Gasteiger charge is 2.24. The summed E-state index contributed by atoms with van der Waals surface area (Å²) < 4.78 is 5.24. The third-order valence-corrected chi connectivity index (χ3v) is 2.81. The van der Waals surface area contributed by atoms with Crippen LogP contribution in [0.25, 0.3) is 0 Å². The van der Waals surface area contributed by atoms with Gasteiger partial charge in [-0.15, -0.1) is 0 Å². The van der Waals surface area contributed by atoms with Crippen molar-refractivity contribution in [3.63, 3.8) is 0 Å². The topological polar surface area (TPSA) is 41.6 Å². The van der Waals surface area contributed by atoms with E-state index >= 15 is 0 Å². The fourth-order valence-corrected chi connectivity index (χ4v) is 2.02. The van der Waals surface area contributed by atoms with Crippen LogP contribution in [-0.4, -0.2) is 44.3 Å². The Kier molecular flexibility index (Phi) is 5.60. The van der Waals surface area contributed by atoms with Crippen molar-refractivity contribution < 1.29 is 9.53 Å². The number of amides is 1.